The van der Waals surface area contributed by atoms with Crippen molar-refractivity contribution in [1.29, 1.82) is 0 Å². The normalized spacial score (nSPS) is 15.6. The molecule has 0 saturated carbocycles. The molecule has 1 aliphatic rings. The van der Waals surface area contributed by atoms with Gasteiger partial charge in [-0.05, 0) is 11.5 Å². The molecule has 0 unspecified atom stereocenters. The molecule has 3 rings (SSSR count). The molecule has 0 bridgehead atoms. The molecule has 2 heterocycles. The van der Waals surface area contributed by atoms with Gasteiger partial charge in [0.25, 0.3) is 0 Å². The van der Waals surface area contributed by atoms with Crippen LogP contribution in [0.5, 0.6) is 0 Å². The first-order chi connectivity index (χ1) is 10.1. The van der Waals surface area contributed by atoms with Crippen molar-refractivity contribution in [1.82, 2.24) is 9.88 Å². The summed E-state index contributed by atoms with van der Waals surface area (Å²) < 4.78 is 0. The quantitative estimate of drug-likeness (QED) is 0.898. The van der Waals surface area contributed by atoms with Crippen molar-refractivity contribution >= 4 is 28.5 Å². The highest BCUT2D eigenvalue weighted by molar-refractivity contribution is 5.99. The van der Waals surface area contributed by atoms with Gasteiger partial charge in [-0.15, -0.1) is 0 Å². The molecule has 1 saturated heterocycles. The van der Waals surface area contributed by atoms with Crippen molar-refractivity contribution in [2.24, 2.45) is 0 Å². The van der Waals surface area contributed by atoms with E-state index < -0.39 is 5.97 Å². The summed E-state index contributed by atoms with van der Waals surface area (Å²) in [6.07, 6.45) is 0. The number of carboxylic acids is 1. The molecule has 2 aromatic rings. The first-order valence-electron chi connectivity index (χ1n) is 6.68. The summed E-state index contributed by atoms with van der Waals surface area (Å²) in [7, 11) is 1.76. The maximum atomic E-state index is 11.9. The number of benzene rings is 1. The highest BCUT2D eigenvalue weighted by atomic mass is 16.4. The van der Waals surface area contributed by atoms with Gasteiger partial charge in [0.1, 0.15) is 5.82 Å². The van der Waals surface area contributed by atoms with Gasteiger partial charge < -0.3 is 14.9 Å². The molecule has 0 atom stereocenters. The van der Waals surface area contributed by atoms with Gasteiger partial charge in [-0.1, -0.05) is 24.3 Å². The number of pyridine rings is 1. The number of aromatic carboxylic acids is 1. The van der Waals surface area contributed by atoms with Gasteiger partial charge in [0, 0.05) is 25.5 Å². The van der Waals surface area contributed by atoms with Crippen LogP contribution in [0.15, 0.2) is 30.3 Å². The highest BCUT2D eigenvalue weighted by Crippen LogP contribution is 2.26. The number of likely N-dealkylation sites (N-methyl/N-ethyl adjacent to an activating group) is 1. The molecule has 108 valence electrons. The predicted octanol–water partition coefficient (Wildman–Crippen LogP) is 1.21. The Kier molecular flexibility index (Phi) is 3.21. The summed E-state index contributed by atoms with van der Waals surface area (Å²) in [5, 5.41) is 10.9. The molecule has 1 fully saturated rings. The third kappa shape index (κ3) is 2.40. The summed E-state index contributed by atoms with van der Waals surface area (Å²) in [4.78, 5) is 30.9. The fraction of sp³-hybridized carbons (Fsp3) is 0.267. The zero-order chi connectivity index (χ0) is 15.0. The Morgan fingerprint density at radius 2 is 2.05 bits per heavy atom. The molecule has 6 nitrogen and oxygen atoms in total. The average molecular weight is 285 g/mol. The van der Waals surface area contributed by atoms with Gasteiger partial charge >= 0.3 is 5.97 Å². The van der Waals surface area contributed by atoms with Gasteiger partial charge in [-0.25, -0.2) is 9.78 Å². The minimum Gasteiger partial charge on any atom is -0.477 e. The summed E-state index contributed by atoms with van der Waals surface area (Å²) in [5.74, 6) is -0.498. The lowest BCUT2D eigenvalue weighted by atomic mass is 10.1. The molecule has 1 aliphatic heterocycles. The van der Waals surface area contributed by atoms with Crippen molar-refractivity contribution in [2.75, 3.05) is 31.6 Å². The molecule has 0 radical (unpaired) electrons. The summed E-state index contributed by atoms with van der Waals surface area (Å²) in [5.41, 5.74) is -0.00456. The van der Waals surface area contributed by atoms with Crippen molar-refractivity contribution < 1.29 is 14.7 Å². The lowest BCUT2D eigenvalue weighted by Crippen LogP contribution is -2.49. The number of aromatic nitrogens is 1. The van der Waals surface area contributed by atoms with E-state index in [1.54, 1.807) is 18.0 Å². The van der Waals surface area contributed by atoms with E-state index in [4.69, 9.17) is 0 Å². The summed E-state index contributed by atoms with van der Waals surface area (Å²) in [6, 6.07) is 9.04. The molecule has 21 heavy (non-hydrogen) atoms. The number of rotatable bonds is 2. The van der Waals surface area contributed by atoms with Crippen LogP contribution in [0.25, 0.3) is 10.8 Å². The van der Waals surface area contributed by atoms with Gasteiger partial charge in [0.15, 0.2) is 5.69 Å². The SMILES string of the molecule is CN1CCN(c2nc(C(=O)O)cc3ccccc23)CC1=O. The van der Waals surface area contributed by atoms with Crippen LogP contribution in [-0.2, 0) is 4.79 Å². The van der Waals surface area contributed by atoms with Crippen molar-refractivity contribution in [3.8, 4) is 0 Å². The molecule has 0 aliphatic carbocycles. The second-order valence-corrected chi connectivity index (χ2v) is 5.09. The zero-order valence-electron chi connectivity index (χ0n) is 11.6. The smallest absolute Gasteiger partial charge is 0.354 e. The molecule has 6 heteroatoms. The summed E-state index contributed by atoms with van der Waals surface area (Å²) >= 11 is 0. The number of piperazine rings is 1. The molecular weight excluding hydrogens is 270 g/mol. The van der Waals surface area contributed by atoms with E-state index in [2.05, 4.69) is 4.98 Å². The number of carboxylic acid groups (broad SMARTS) is 1. The number of carbonyl (C=O) groups is 2. The number of carbonyl (C=O) groups excluding carboxylic acids is 1. The largest absolute Gasteiger partial charge is 0.477 e. The van der Waals surface area contributed by atoms with Gasteiger partial charge in [-0.2, -0.15) is 0 Å². The molecular formula is C15H15N3O3. The van der Waals surface area contributed by atoms with Crippen LogP contribution in [-0.4, -0.2) is 53.5 Å². The Morgan fingerprint density at radius 1 is 1.29 bits per heavy atom. The van der Waals surface area contributed by atoms with Crippen molar-refractivity contribution in [2.45, 2.75) is 0 Å². The number of amides is 1. The molecule has 0 spiro atoms. The summed E-state index contributed by atoms with van der Waals surface area (Å²) in [6.45, 7) is 1.46. The van der Waals surface area contributed by atoms with Crippen LogP contribution in [0.3, 0.4) is 0 Å². The van der Waals surface area contributed by atoms with E-state index in [-0.39, 0.29) is 18.1 Å². The zero-order valence-corrected chi connectivity index (χ0v) is 11.6. The van der Waals surface area contributed by atoms with E-state index in [9.17, 15) is 14.7 Å². The lowest BCUT2D eigenvalue weighted by molar-refractivity contribution is -0.129. The number of hydrogen-bond donors (Lipinski definition) is 1. The Morgan fingerprint density at radius 3 is 2.76 bits per heavy atom. The average Bonchev–Trinajstić information content (AvgIpc) is 2.49. The number of nitrogens with zero attached hydrogens (tertiary/aromatic N) is 3. The Hall–Kier alpha value is -2.63. The van der Waals surface area contributed by atoms with Crippen LogP contribution >= 0.6 is 0 Å². The van der Waals surface area contributed by atoms with Crippen molar-refractivity contribution in [3.05, 3.63) is 36.0 Å². The van der Waals surface area contributed by atoms with E-state index >= 15 is 0 Å². The molecule has 1 aromatic heterocycles. The predicted molar refractivity (Wildman–Crippen MR) is 78.6 cm³/mol. The number of fused-ring (bicyclic) bond motifs is 1. The van der Waals surface area contributed by atoms with E-state index in [1.807, 2.05) is 29.2 Å². The maximum Gasteiger partial charge on any atom is 0.354 e. The fourth-order valence-corrected chi connectivity index (χ4v) is 2.47. The lowest BCUT2D eigenvalue weighted by Gasteiger charge is -2.33. The minimum atomic E-state index is -1.07. The molecule has 1 N–H and O–H groups in total. The highest BCUT2D eigenvalue weighted by Gasteiger charge is 2.24. The third-order valence-electron chi connectivity index (χ3n) is 3.70. The van der Waals surface area contributed by atoms with E-state index in [0.717, 1.165) is 10.8 Å². The molecule has 1 aromatic carbocycles. The fourth-order valence-electron chi connectivity index (χ4n) is 2.47. The standard InChI is InChI=1S/C15H15N3O3/c1-17-6-7-18(9-13(17)19)14-11-5-3-2-4-10(11)8-12(16-14)15(20)21/h2-5,8H,6-7,9H2,1H3,(H,20,21). The Balaban J connectivity index is 2.12. The van der Waals surface area contributed by atoms with Gasteiger partial charge in [-0.3, -0.25) is 4.79 Å². The van der Waals surface area contributed by atoms with Gasteiger partial charge in [0.2, 0.25) is 5.91 Å². The van der Waals surface area contributed by atoms with E-state index in [1.165, 1.54) is 0 Å². The number of anilines is 1. The Bertz CT molecular complexity index is 729. The van der Waals surface area contributed by atoms with Gasteiger partial charge in [0.05, 0.1) is 6.54 Å². The van der Waals surface area contributed by atoms with Crippen LogP contribution in [0.2, 0.25) is 0 Å². The van der Waals surface area contributed by atoms with Crippen LogP contribution in [0.4, 0.5) is 5.82 Å². The van der Waals surface area contributed by atoms with Crippen molar-refractivity contribution in [3.63, 3.8) is 0 Å². The minimum absolute atomic E-state index is 0.00456. The van der Waals surface area contributed by atoms with E-state index in [0.29, 0.717) is 18.9 Å². The monoisotopic (exact) mass is 285 g/mol. The number of hydrogen-bond acceptors (Lipinski definition) is 4. The third-order valence-corrected chi connectivity index (χ3v) is 3.70. The topological polar surface area (TPSA) is 73.7 Å². The van der Waals surface area contributed by atoms with Crippen LogP contribution in [0.1, 0.15) is 10.5 Å². The van der Waals surface area contributed by atoms with Crippen LogP contribution in [0, 0.1) is 0 Å². The van der Waals surface area contributed by atoms with Crippen LogP contribution < -0.4 is 4.90 Å². The first-order valence-corrected chi connectivity index (χ1v) is 6.68. The second kappa shape index (κ2) is 5.05. The Labute approximate surface area is 121 Å². The first kappa shape index (κ1) is 13.4. The molecule has 1 amide bonds. The maximum absolute atomic E-state index is 11.9. The second-order valence-electron chi connectivity index (χ2n) is 5.09.